The van der Waals surface area contributed by atoms with Crippen molar-refractivity contribution in [1.82, 2.24) is 4.98 Å². The summed E-state index contributed by atoms with van der Waals surface area (Å²) in [5, 5.41) is 5.16. The molecule has 2 aromatic carbocycles. The average molecular weight is 434 g/mol. The van der Waals surface area contributed by atoms with Crippen molar-refractivity contribution in [2.75, 3.05) is 16.4 Å². The van der Waals surface area contributed by atoms with Gasteiger partial charge in [-0.1, -0.05) is 23.9 Å². The monoisotopic (exact) mass is 433 g/mol. The van der Waals surface area contributed by atoms with Crippen molar-refractivity contribution in [2.24, 2.45) is 0 Å². The molecule has 9 heteroatoms. The standard InChI is InChI=1S/C20H20FN3O3S2/c1-20(2,3)27-18(26)23-13-9-8-12(21)10-15(13)22-17(25)11-28-19-24-14-6-4-5-7-16(14)29-19/h4-10H,11H2,1-3H3,(H,22,25)(H,23,26). The molecule has 1 heterocycles. The average Bonchev–Trinajstić information content (AvgIpc) is 3.04. The van der Waals surface area contributed by atoms with Crippen LogP contribution < -0.4 is 10.6 Å². The minimum Gasteiger partial charge on any atom is -0.444 e. The zero-order valence-corrected chi connectivity index (χ0v) is 17.7. The van der Waals surface area contributed by atoms with Gasteiger partial charge in [0.05, 0.1) is 27.3 Å². The smallest absolute Gasteiger partial charge is 0.412 e. The summed E-state index contributed by atoms with van der Waals surface area (Å²) < 4.78 is 20.7. The SMILES string of the molecule is CC(C)(C)OC(=O)Nc1ccc(F)cc1NC(=O)CSc1nc2ccccc2s1. The fourth-order valence-corrected chi connectivity index (χ4v) is 4.24. The molecule has 0 unspecified atom stereocenters. The number of nitrogens with one attached hydrogen (secondary N) is 2. The predicted octanol–water partition coefficient (Wildman–Crippen LogP) is 5.51. The fraction of sp³-hybridized carbons (Fsp3) is 0.250. The summed E-state index contributed by atoms with van der Waals surface area (Å²) in [6.45, 7) is 5.21. The maximum Gasteiger partial charge on any atom is 0.412 e. The summed E-state index contributed by atoms with van der Waals surface area (Å²) in [7, 11) is 0. The molecule has 2 amide bonds. The molecule has 0 spiro atoms. The Balaban J connectivity index is 1.64. The van der Waals surface area contributed by atoms with Crippen molar-refractivity contribution in [3.8, 4) is 0 Å². The first-order valence-electron chi connectivity index (χ1n) is 8.77. The van der Waals surface area contributed by atoms with Crippen LogP contribution in [0.1, 0.15) is 20.8 Å². The summed E-state index contributed by atoms with van der Waals surface area (Å²) in [6.07, 6.45) is -0.691. The summed E-state index contributed by atoms with van der Waals surface area (Å²) in [4.78, 5) is 28.8. The van der Waals surface area contributed by atoms with Crippen LogP contribution in [0.25, 0.3) is 10.2 Å². The van der Waals surface area contributed by atoms with Crippen LogP contribution in [-0.2, 0) is 9.53 Å². The zero-order chi connectivity index (χ0) is 21.0. The molecule has 3 aromatic rings. The maximum atomic E-state index is 13.7. The second-order valence-electron chi connectivity index (χ2n) is 7.10. The first kappa shape index (κ1) is 21.1. The summed E-state index contributed by atoms with van der Waals surface area (Å²) in [6, 6.07) is 11.4. The van der Waals surface area contributed by atoms with Crippen molar-refractivity contribution in [3.05, 3.63) is 48.3 Å². The molecule has 0 aliphatic rings. The lowest BCUT2D eigenvalue weighted by atomic mass is 10.2. The Bertz CT molecular complexity index is 1010. The van der Waals surface area contributed by atoms with Gasteiger partial charge in [0.2, 0.25) is 5.91 Å². The second-order valence-corrected chi connectivity index (χ2v) is 9.35. The molecule has 0 aliphatic carbocycles. The van der Waals surface area contributed by atoms with Crippen LogP contribution in [0.15, 0.2) is 46.8 Å². The van der Waals surface area contributed by atoms with Crippen LogP contribution in [0.4, 0.5) is 20.6 Å². The molecule has 2 N–H and O–H groups in total. The van der Waals surface area contributed by atoms with Crippen LogP contribution in [-0.4, -0.2) is 28.3 Å². The van der Waals surface area contributed by atoms with Crippen molar-refractivity contribution in [2.45, 2.75) is 30.7 Å². The molecule has 0 aliphatic heterocycles. The molecule has 0 saturated carbocycles. The van der Waals surface area contributed by atoms with E-state index in [-0.39, 0.29) is 23.0 Å². The third-order valence-corrected chi connectivity index (χ3v) is 5.67. The molecule has 0 atom stereocenters. The summed E-state index contributed by atoms with van der Waals surface area (Å²) in [5.74, 6) is -0.775. The van der Waals surface area contributed by atoms with Gasteiger partial charge in [-0.25, -0.2) is 14.2 Å². The number of hydrogen-bond acceptors (Lipinski definition) is 6. The number of ether oxygens (including phenoxy) is 1. The number of carbonyl (C=O) groups excluding carboxylic acids is 2. The van der Waals surface area contributed by atoms with Gasteiger partial charge in [0, 0.05) is 0 Å². The quantitative estimate of drug-likeness (QED) is 0.519. The lowest BCUT2D eigenvalue weighted by Crippen LogP contribution is -2.27. The fourth-order valence-electron chi connectivity index (χ4n) is 2.37. The predicted molar refractivity (Wildman–Crippen MR) is 115 cm³/mol. The third kappa shape index (κ3) is 6.16. The van der Waals surface area contributed by atoms with Gasteiger partial charge in [-0.15, -0.1) is 11.3 Å². The van der Waals surface area contributed by atoms with E-state index in [2.05, 4.69) is 15.6 Å². The van der Waals surface area contributed by atoms with E-state index in [9.17, 15) is 14.0 Å². The Morgan fingerprint density at radius 2 is 1.90 bits per heavy atom. The lowest BCUT2D eigenvalue weighted by Gasteiger charge is -2.20. The van der Waals surface area contributed by atoms with Crippen molar-refractivity contribution in [1.29, 1.82) is 0 Å². The van der Waals surface area contributed by atoms with Gasteiger partial charge in [-0.3, -0.25) is 10.1 Å². The number of fused-ring (bicyclic) bond motifs is 1. The van der Waals surface area contributed by atoms with E-state index in [1.54, 1.807) is 20.8 Å². The van der Waals surface area contributed by atoms with E-state index < -0.39 is 17.5 Å². The number of hydrogen-bond donors (Lipinski definition) is 2. The Kier molecular flexibility index (Phi) is 6.39. The molecule has 3 rings (SSSR count). The van der Waals surface area contributed by atoms with E-state index in [0.717, 1.165) is 20.6 Å². The van der Waals surface area contributed by atoms with Gasteiger partial charge in [0.25, 0.3) is 0 Å². The minimum absolute atomic E-state index is 0.0994. The third-order valence-electron chi connectivity index (χ3n) is 3.49. The Morgan fingerprint density at radius 1 is 1.14 bits per heavy atom. The topological polar surface area (TPSA) is 80.3 Å². The molecular weight excluding hydrogens is 413 g/mol. The molecule has 152 valence electrons. The summed E-state index contributed by atoms with van der Waals surface area (Å²) in [5.41, 5.74) is 0.612. The highest BCUT2D eigenvalue weighted by Gasteiger charge is 2.18. The van der Waals surface area contributed by atoms with E-state index in [4.69, 9.17) is 4.74 Å². The number of carbonyl (C=O) groups is 2. The second kappa shape index (κ2) is 8.79. The lowest BCUT2D eigenvalue weighted by molar-refractivity contribution is -0.113. The molecule has 1 aromatic heterocycles. The molecule has 29 heavy (non-hydrogen) atoms. The number of thioether (sulfide) groups is 1. The van der Waals surface area contributed by atoms with E-state index in [1.165, 1.54) is 35.2 Å². The molecule has 6 nitrogen and oxygen atoms in total. The van der Waals surface area contributed by atoms with Crippen molar-refractivity contribution >= 4 is 56.7 Å². The number of rotatable bonds is 5. The van der Waals surface area contributed by atoms with Crippen LogP contribution in [0.5, 0.6) is 0 Å². The van der Waals surface area contributed by atoms with Gasteiger partial charge in [0.15, 0.2) is 4.34 Å². The molecule has 0 saturated heterocycles. The van der Waals surface area contributed by atoms with Crippen molar-refractivity contribution in [3.63, 3.8) is 0 Å². The van der Waals surface area contributed by atoms with Crippen LogP contribution in [0.3, 0.4) is 0 Å². The number of para-hydroxylation sites is 1. The minimum atomic E-state index is -0.691. The van der Waals surface area contributed by atoms with E-state index in [1.807, 2.05) is 24.3 Å². The van der Waals surface area contributed by atoms with Gasteiger partial charge < -0.3 is 10.1 Å². The highest BCUT2D eigenvalue weighted by atomic mass is 32.2. The van der Waals surface area contributed by atoms with Crippen LogP contribution in [0, 0.1) is 5.82 Å². The van der Waals surface area contributed by atoms with Crippen molar-refractivity contribution < 1.29 is 18.7 Å². The number of anilines is 2. The Hall–Kier alpha value is -2.65. The summed E-state index contributed by atoms with van der Waals surface area (Å²) >= 11 is 2.80. The van der Waals surface area contributed by atoms with Gasteiger partial charge in [-0.2, -0.15) is 0 Å². The highest BCUT2D eigenvalue weighted by Crippen LogP contribution is 2.30. The normalized spacial score (nSPS) is 11.3. The maximum absolute atomic E-state index is 13.7. The number of nitrogens with zero attached hydrogens (tertiary/aromatic N) is 1. The van der Waals surface area contributed by atoms with Gasteiger partial charge >= 0.3 is 6.09 Å². The first-order chi connectivity index (χ1) is 13.7. The molecule has 0 bridgehead atoms. The number of amides is 2. The van der Waals surface area contributed by atoms with Gasteiger partial charge in [-0.05, 0) is 51.1 Å². The van der Waals surface area contributed by atoms with E-state index in [0.29, 0.717) is 0 Å². The number of benzene rings is 2. The Morgan fingerprint density at radius 3 is 2.62 bits per heavy atom. The van der Waals surface area contributed by atoms with E-state index >= 15 is 0 Å². The number of aromatic nitrogens is 1. The first-order valence-corrected chi connectivity index (χ1v) is 10.6. The van der Waals surface area contributed by atoms with Crippen LogP contribution >= 0.6 is 23.1 Å². The number of halogens is 1. The largest absolute Gasteiger partial charge is 0.444 e. The molecule has 0 radical (unpaired) electrons. The zero-order valence-electron chi connectivity index (χ0n) is 16.1. The molecule has 0 fully saturated rings. The molecular formula is C20H20FN3O3S2. The number of thiazole rings is 1. The highest BCUT2D eigenvalue weighted by molar-refractivity contribution is 8.01. The van der Waals surface area contributed by atoms with Gasteiger partial charge in [0.1, 0.15) is 11.4 Å². The van der Waals surface area contributed by atoms with Crippen LogP contribution in [0.2, 0.25) is 0 Å². The Labute approximate surface area is 175 Å².